The fourth-order valence-corrected chi connectivity index (χ4v) is 2.11. The van der Waals surface area contributed by atoms with Crippen molar-refractivity contribution in [1.82, 2.24) is 10.2 Å². The lowest BCUT2D eigenvalue weighted by Crippen LogP contribution is -2.48. The standard InChI is InChI=1S/C14H31N3O3/c1-11(2)16-13(14(15)18)6-7-17(8-9-19-4)12(3)10-20-5/h11-13,16H,6-10H2,1-5H3,(H2,15,18). The normalized spacial score (nSPS) is 14.8. The Labute approximate surface area is 123 Å². The third kappa shape index (κ3) is 8.47. The van der Waals surface area contributed by atoms with Gasteiger partial charge in [0, 0.05) is 39.4 Å². The number of rotatable bonds is 12. The topological polar surface area (TPSA) is 76.8 Å². The number of nitrogens with two attached hydrogens (primary N) is 1. The average molecular weight is 289 g/mol. The van der Waals surface area contributed by atoms with E-state index in [9.17, 15) is 4.79 Å². The highest BCUT2D eigenvalue weighted by molar-refractivity contribution is 5.79. The van der Waals surface area contributed by atoms with Crippen LogP contribution in [0.1, 0.15) is 27.2 Å². The molecule has 0 aromatic rings. The molecule has 0 bridgehead atoms. The molecule has 0 aliphatic rings. The van der Waals surface area contributed by atoms with Crippen LogP contribution < -0.4 is 11.1 Å². The number of carbonyl (C=O) groups excluding carboxylic acids is 1. The zero-order valence-electron chi connectivity index (χ0n) is 13.5. The first-order valence-electron chi connectivity index (χ1n) is 7.19. The number of hydrogen-bond donors (Lipinski definition) is 2. The molecule has 0 fully saturated rings. The first-order valence-corrected chi connectivity index (χ1v) is 7.19. The summed E-state index contributed by atoms with van der Waals surface area (Å²) in [6.07, 6.45) is 0.686. The van der Waals surface area contributed by atoms with Gasteiger partial charge in [-0.25, -0.2) is 0 Å². The highest BCUT2D eigenvalue weighted by Crippen LogP contribution is 2.04. The molecule has 20 heavy (non-hydrogen) atoms. The van der Waals surface area contributed by atoms with Crippen molar-refractivity contribution in [3.05, 3.63) is 0 Å². The van der Waals surface area contributed by atoms with Gasteiger partial charge in [-0.05, 0) is 13.3 Å². The van der Waals surface area contributed by atoms with E-state index in [-0.39, 0.29) is 24.0 Å². The molecule has 2 atom stereocenters. The molecule has 0 saturated carbocycles. The van der Waals surface area contributed by atoms with Gasteiger partial charge in [-0.1, -0.05) is 13.8 Å². The molecule has 3 N–H and O–H groups in total. The number of nitrogens with one attached hydrogen (secondary N) is 1. The Morgan fingerprint density at radius 3 is 2.30 bits per heavy atom. The monoisotopic (exact) mass is 289 g/mol. The van der Waals surface area contributed by atoms with Crippen molar-refractivity contribution in [1.29, 1.82) is 0 Å². The van der Waals surface area contributed by atoms with Crippen LogP contribution in [0, 0.1) is 0 Å². The highest BCUT2D eigenvalue weighted by atomic mass is 16.5. The molecule has 2 unspecified atom stereocenters. The first-order chi connectivity index (χ1) is 9.42. The Morgan fingerprint density at radius 1 is 1.20 bits per heavy atom. The van der Waals surface area contributed by atoms with Gasteiger partial charge >= 0.3 is 0 Å². The number of amides is 1. The van der Waals surface area contributed by atoms with Crippen molar-refractivity contribution >= 4 is 5.91 Å². The number of carbonyl (C=O) groups is 1. The molecule has 1 amide bonds. The van der Waals surface area contributed by atoms with Gasteiger partial charge in [0.25, 0.3) is 0 Å². The van der Waals surface area contributed by atoms with Gasteiger partial charge in [0.2, 0.25) is 5.91 Å². The summed E-state index contributed by atoms with van der Waals surface area (Å²) in [6, 6.07) is 0.217. The fraction of sp³-hybridized carbons (Fsp3) is 0.929. The lowest BCUT2D eigenvalue weighted by Gasteiger charge is -2.30. The number of hydrogen-bond acceptors (Lipinski definition) is 5. The molecule has 0 aromatic heterocycles. The van der Waals surface area contributed by atoms with Crippen LogP contribution in [-0.4, -0.2) is 69.5 Å². The molecule has 0 spiro atoms. The predicted octanol–water partition coefficient (Wildman–Crippen LogP) is 0.212. The van der Waals surface area contributed by atoms with Crippen molar-refractivity contribution < 1.29 is 14.3 Å². The van der Waals surface area contributed by atoms with E-state index in [4.69, 9.17) is 15.2 Å². The smallest absolute Gasteiger partial charge is 0.234 e. The summed E-state index contributed by atoms with van der Waals surface area (Å²) in [4.78, 5) is 13.7. The number of primary amides is 1. The predicted molar refractivity (Wildman–Crippen MR) is 80.7 cm³/mol. The van der Waals surface area contributed by atoms with Crippen LogP contribution in [0.15, 0.2) is 0 Å². The van der Waals surface area contributed by atoms with Crippen molar-refractivity contribution in [3.63, 3.8) is 0 Å². The molecule has 0 aromatic carbocycles. The SMILES string of the molecule is COCCN(CCC(NC(C)C)C(N)=O)C(C)COC. The van der Waals surface area contributed by atoms with Gasteiger partial charge in [-0.15, -0.1) is 0 Å². The molecule has 6 nitrogen and oxygen atoms in total. The minimum Gasteiger partial charge on any atom is -0.383 e. The molecule has 0 rings (SSSR count). The summed E-state index contributed by atoms with van der Waals surface area (Å²) in [6.45, 7) is 9.03. The summed E-state index contributed by atoms with van der Waals surface area (Å²) in [5, 5.41) is 3.20. The lowest BCUT2D eigenvalue weighted by molar-refractivity contribution is -0.120. The van der Waals surface area contributed by atoms with Crippen LogP contribution in [0.5, 0.6) is 0 Å². The maximum absolute atomic E-state index is 11.4. The third-order valence-electron chi connectivity index (χ3n) is 3.20. The van der Waals surface area contributed by atoms with Gasteiger partial charge in [0.05, 0.1) is 19.3 Å². The zero-order valence-corrected chi connectivity index (χ0v) is 13.5. The van der Waals surface area contributed by atoms with E-state index < -0.39 is 0 Å². The summed E-state index contributed by atoms with van der Waals surface area (Å²) < 4.78 is 10.3. The van der Waals surface area contributed by atoms with E-state index in [0.29, 0.717) is 19.6 Å². The van der Waals surface area contributed by atoms with E-state index in [1.165, 1.54) is 0 Å². The zero-order chi connectivity index (χ0) is 15.5. The molecule has 0 saturated heterocycles. The minimum absolute atomic E-state index is 0.233. The minimum atomic E-state index is -0.301. The number of ether oxygens (including phenoxy) is 2. The van der Waals surface area contributed by atoms with Crippen LogP contribution in [0.25, 0.3) is 0 Å². The molecule has 0 radical (unpaired) electrons. The van der Waals surface area contributed by atoms with Crippen LogP contribution in [0.3, 0.4) is 0 Å². The Morgan fingerprint density at radius 2 is 1.85 bits per heavy atom. The second-order valence-electron chi connectivity index (χ2n) is 5.40. The van der Waals surface area contributed by atoms with Crippen molar-refractivity contribution in [3.8, 4) is 0 Å². The summed E-state index contributed by atoms with van der Waals surface area (Å²) in [5.74, 6) is -0.301. The largest absolute Gasteiger partial charge is 0.383 e. The third-order valence-corrected chi connectivity index (χ3v) is 3.20. The maximum Gasteiger partial charge on any atom is 0.234 e. The molecule has 0 heterocycles. The first kappa shape index (κ1) is 19.3. The van der Waals surface area contributed by atoms with Crippen molar-refractivity contribution in [2.45, 2.75) is 45.3 Å². The van der Waals surface area contributed by atoms with E-state index in [1.807, 2.05) is 13.8 Å². The van der Waals surface area contributed by atoms with Crippen LogP contribution >= 0.6 is 0 Å². The molecule has 120 valence electrons. The van der Waals surface area contributed by atoms with Crippen molar-refractivity contribution in [2.24, 2.45) is 5.73 Å². The summed E-state index contributed by atoms with van der Waals surface area (Å²) in [5.41, 5.74) is 5.44. The second-order valence-corrected chi connectivity index (χ2v) is 5.40. The molecule has 0 aliphatic heterocycles. The Hall–Kier alpha value is -0.690. The van der Waals surface area contributed by atoms with Gasteiger partial charge < -0.3 is 20.5 Å². The van der Waals surface area contributed by atoms with Gasteiger partial charge in [-0.3, -0.25) is 9.69 Å². The fourth-order valence-electron chi connectivity index (χ4n) is 2.11. The van der Waals surface area contributed by atoms with Crippen LogP contribution in [-0.2, 0) is 14.3 Å². The van der Waals surface area contributed by atoms with E-state index in [1.54, 1.807) is 14.2 Å². The van der Waals surface area contributed by atoms with Crippen LogP contribution in [0.2, 0.25) is 0 Å². The van der Waals surface area contributed by atoms with E-state index in [2.05, 4.69) is 17.1 Å². The van der Waals surface area contributed by atoms with Gasteiger partial charge in [0.1, 0.15) is 0 Å². The van der Waals surface area contributed by atoms with Crippen molar-refractivity contribution in [2.75, 3.05) is 40.5 Å². The van der Waals surface area contributed by atoms with Crippen LogP contribution in [0.4, 0.5) is 0 Å². The highest BCUT2D eigenvalue weighted by Gasteiger charge is 2.20. The van der Waals surface area contributed by atoms with E-state index >= 15 is 0 Å². The quantitative estimate of drug-likeness (QED) is 0.537. The Balaban J connectivity index is 4.42. The Kier molecular flexibility index (Phi) is 10.6. The lowest BCUT2D eigenvalue weighted by atomic mass is 10.1. The van der Waals surface area contributed by atoms with Gasteiger partial charge in [0.15, 0.2) is 0 Å². The van der Waals surface area contributed by atoms with Gasteiger partial charge in [-0.2, -0.15) is 0 Å². The molecular weight excluding hydrogens is 258 g/mol. The summed E-state index contributed by atoms with van der Waals surface area (Å²) in [7, 11) is 3.38. The molecule has 0 aliphatic carbocycles. The molecular formula is C14H31N3O3. The molecule has 6 heteroatoms. The number of methoxy groups -OCH3 is 2. The Bertz CT molecular complexity index is 262. The second kappa shape index (κ2) is 11.0. The number of nitrogens with zero attached hydrogens (tertiary/aromatic N) is 1. The maximum atomic E-state index is 11.4. The summed E-state index contributed by atoms with van der Waals surface area (Å²) >= 11 is 0. The van der Waals surface area contributed by atoms with E-state index in [0.717, 1.165) is 13.1 Å². The average Bonchev–Trinajstić information content (AvgIpc) is 2.36.